The highest BCUT2D eigenvalue weighted by Gasteiger charge is 2.06. The Labute approximate surface area is 165 Å². The van der Waals surface area contributed by atoms with Crippen LogP contribution in [0, 0.1) is 0 Å². The second kappa shape index (κ2) is 8.44. The molecule has 4 nitrogen and oxygen atoms in total. The average molecular weight is 372 g/mol. The quantitative estimate of drug-likeness (QED) is 0.332. The van der Waals surface area contributed by atoms with E-state index in [0.29, 0.717) is 34.4 Å². The zero-order valence-corrected chi connectivity index (χ0v) is 16.1. The van der Waals surface area contributed by atoms with Crippen LogP contribution in [0.5, 0.6) is 11.5 Å². The molecule has 0 radical (unpaired) electrons. The van der Waals surface area contributed by atoms with Gasteiger partial charge < -0.3 is 16.2 Å². The number of nitrogens with two attached hydrogens (primary N) is 2. The highest BCUT2D eigenvalue weighted by Crippen LogP contribution is 2.29. The van der Waals surface area contributed by atoms with Gasteiger partial charge in [-0.2, -0.15) is 0 Å². The maximum atomic E-state index is 12.5. The first-order valence-electron chi connectivity index (χ1n) is 9.17. The SMILES string of the molecule is CC(C)c1ccc(C(=O)C=Cc2ccccc2Oc2cc(N)cc(N)c2)cc1. The summed E-state index contributed by atoms with van der Waals surface area (Å²) in [6.45, 7) is 4.25. The Morgan fingerprint density at radius 3 is 2.21 bits per heavy atom. The molecule has 0 spiro atoms. The number of para-hydroxylation sites is 1. The minimum Gasteiger partial charge on any atom is -0.457 e. The summed E-state index contributed by atoms with van der Waals surface area (Å²) < 4.78 is 5.93. The molecule has 142 valence electrons. The molecule has 0 unspecified atom stereocenters. The molecule has 0 fully saturated rings. The standard InChI is InChI=1S/C24H24N2O2/c1-16(2)17-7-9-18(10-8-17)23(27)12-11-19-5-3-4-6-24(19)28-22-14-20(25)13-21(26)15-22/h3-16H,25-26H2,1-2H3. The zero-order chi connectivity index (χ0) is 20.1. The normalized spacial score (nSPS) is 11.1. The van der Waals surface area contributed by atoms with E-state index in [4.69, 9.17) is 16.2 Å². The molecule has 0 aliphatic carbocycles. The smallest absolute Gasteiger partial charge is 0.185 e. The van der Waals surface area contributed by atoms with Gasteiger partial charge in [-0.3, -0.25) is 4.79 Å². The van der Waals surface area contributed by atoms with Crippen molar-refractivity contribution in [2.45, 2.75) is 19.8 Å². The molecule has 3 aromatic carbocycles. The van der Waals surface area contributed by atoms with Crippen LogP contribution in [0.15, 0.2) is 72.8 Å². The lowest BCUT2D eigenvalue weighted by molar-refractivity contribution is 0.104. The Balaban J connectivity index is 1.79. The fourth-order valence-electron chi connectivity index (χ4n) is 2.84. The molecule has 0 heterocycles. The van der Waals surface area contributed by atoms with Crippen molar-refractivity contribution in [3.05, 3.63) is 89.5 Å². The first-order chi connectivity index (χ1) is 13.4. The van der Waals surface area contributed by atoms with Gasteiger partial charge >= 0.3 is 0 Å². The lowest BCUT2D eigenvalue weighted by atomic mass is 10.0. The number of nitrogen functional groups attached to an aromatic ring is 2. The molecule has 0 saturated carbocycles. The van der Waals surface area contributed by atoms with Gasteiger partial charge in [-0.1, -0.05) is 56.3 Å². The van der Waals surface area contributed by atoms with E-state index >= 15 is 0 Å². The number of carbonyl (C=O) groups is 1. The van der Waals surface area contributed by atoms with Crippen LogP contribution in [-0.4, -0.2) is 5.78 Å². The number of carbonyl (C=O) groups excluding carboxylic acids is 1. The number of rotatable bonds is 6. The first kappa shape index (κ1) is 19.2. The van der Waals surface area contributed by atoms with E-state index in [2.05, 4.69) is 13.8 Å². The molecule has 28 heavy (non-hydrogen) atoms. The van der Waals surface area contributed by atoms with E-state index in [1.165, 1.54) is 5.56 Å². The minimum absolute atomic E-state index is 0.0571. The van der Waals surface area contributed by atoms with E-state index in [1.54, 1.807) is 30.4 Å². The molecule has 0 amide bonds. The van der Waals surface area contributed by atoms with Crippen molar-refractivity contribution in [1.82, 2.24) is 0 Å². The van der Waals surface area contributed by atoms with Gasteiger partial charge in [-0.15, -0.1) is 0 Å². The van der Waals surface area contributed by atoms with Crippen molar-refractivity contribution >= 4 is 23.2 Å². The number of hydrogen-bond donors (Lipinski definition) is 2. The summed E-state index contributed by atoms with van der Waals surface area (Å²) in [6.07, 6.45) is 3.31. The average Bonchev–Trinajstić information content (AvgIpc) is 2.66. The second-order valence-corrected chi connectivity index (χ2v) is 6.95. The summed E-state index contributed by atoms with van der Waals surface area (Å²) in [5.74, 6) is 1.55. The molecular formula is C24H24N2O2. The first-order valence-corrected chi connectivity index (χ1v) is 9.17. The van der Waals surface area contributed by atoms with Gasteiger partial charge in [0, 0.05) is 34.6 Å². The number of ether oxygens (including phenoxy) is 1. The number of hydrogen-bond acceptors (Lipinski definition) is 4. The van der Waals surface area contributed by atoms with Crippen LogP contribution < -0.4 is 16.2 Å². The lowest BCUT2D eigenvalue weighted by Gasteiger charge is -2.10. The Kier molecular flexibility index (Phi) is 5.80. The van der Waals surface area contributed by atoms with Crippen molar-refractivity contribution in [3.8, 4) is 11.5 Å². The van der Waals surface area contributed by atoms with Crippen LogP contribution in [0.4, 0.5) is 11.4 Å². The summed E-state index contributed by atoms with van der Waals surface area (Å²) in [5.41, 5.74) is 15.4. The number of allylic oxidation sites excluding steroid dienone is 1. The van der Waals surface area contributed by atoms with Gasteiger partial charge in [0.1, 0.15) is 11.5 Å². The number of ketones is 1. The van der Waals surface area contributed by atoms with Gasteiger partial charge in [0.15, 0.2) is 5.78 Å². The maximum absolute atomic E-state index is 12.5. The summed E-state index contributed by atoms with van der Waals surface area (Å²) in [4.78, 5) is 12.5. The van der Waals surface area contributed by atoms with E-state index in [9.17, 15) is 4.79 Å². The second-order valence-electron chi connectivity index (χ2n) is 6.95. The molecule has 0 atom stereocenters. The van der Waals surface area contributed by atoms with Crippen LogP contribution in [0.25, 0.3) is 6.08 Å². The predicted octanol–water partition coefficient (Wildman–Crippen LogP) is 5.66. The molecule has 0 saturated heterocycles. The van der Waals surface area contributed by atoms with E-state index in [0.717, 1.165) is 5.56 Å². The summed E-state index contributed by atoms with van der Waals surface area (Å²) in [7, 11) is 0. The maximum Gasteiger partial charge on any atom is 0.185 e. The third-order valence-electron chi connectivity index (χ3n) is 4.37. The molecule has 0 aliphatic heterocycles. The van der Waals surface area contributed by atoms with Crippen LogP contribution >= 0.6 is 0 Å². The third-order valence-corrected chi connectivity index (χ3v) is 4.37. The van der Waals surface area contributed by atoms with Crippen LogP contribution in [0.1, 0.15) is 41.3 Å². The topological polar surface area (TPSA) is 78.3 Å². The van der Waals surface area contributed by atoms with Gasteiger partial charge in [-0.25, -0.2) is 0 Å². The van der Waals surface area contributed by atoms with Gasteiger partial charge in [-0.05, 0) is 35.8 Å². The van der Waals surface area contributed by atoms with Crippen LogP contribution in [0.3, 0.4) is 0 Å². The lowest BCUT2D eigenvalue weighted by Crippen LogP contribution is -1.96. The molecule has 0 aromatic heterocycles. The molecule has 0 bridgehead atoms. The molecule has 3 rings (SSSR count). The number of anilines is 2. The zero-order valence-electron chi connectivity index (χ0n) is 16.1. The van der Waals surface area contributed by atoms with E-state index in [-0.39, 0.29) is 5.78 Å². The van der Waals surface area contributed by atoms with Crippen molar-refractivity contribution in [2.75, 3.05) is 11.5 Å². The van der Waals surface area contributed by atoms with Gasteiger partial charge in [0.2, 0.25) is 0 Å². The highest BCUT2D eigenvalue weighted by molar-refractivity contribution is 6.07. The molecule has 4 N–H and O–H groups in total. The molecular weight excluding hydrogens is 348 g/mol. The third kappa shape index (κ3) is 4.80. The Morgan fingerprint density at radius 2 is 1.57 bits per heavy atom. The van der Waals surface area contributed by atoms with Gasteiger partial charge in [0.25, 0.3) is 0 Å². The molecule has 4 heteroatoms. The summed E-state index contributed by atoms with van der Waals surface area (Å²) in [5, 5.41) is 0. The Hall–Kier alpha value is -3.53. The van der Waals surface area contributed by atoms with Crippen LogP contribution in [0.2, 0.25) is 0 Å². The largest absolute Gasteiger partial charge is 0.457 e. The summed E-state index contributed by atoms with van der Waals surface area (Å²) >= 11 is 0. The number of benzene rings is 3. The summed E-state index contributed by atoms with van der Waals surface area (Å²) in [6, 6.07) is 20.3. The van der Waals surface area contributed by atoms with E-state index in [1.807, 2.05) is 48.5 Å². The highest BCUT2D eigenvalue weighted by atomic mass is 16.5. The van der Waals surface area contributed by atoms with Crippen molar-refractivity contribution in [3.63, 3.8) is 0 Å². The monoisotopic (exact) mass is 372 g/mol. The molecule has 3 aromatic rings. The van der Waals surface area contributed by atoms with Crippen molar-refractivity contribution < 1.29 is 9.53 Å². The van der Waals surface area contributed by atoms with Crippen LogP contribution in [-0.2, 0) is 0 Å². The van der Waals surface area contributed by atoms with Crippen molar-refractivity contribution in [1.29, 1.82) is 0 Å². The van der Waals surface area contributed by atoms with E-state index < -0.39 is 0 Å². The fraction of sp³-hybridized carbons (Fsp3) is 0.125. The predicted molar refractivity (Wildman–Crippen MR) is 116 cm³/mol. The van der Waals surface area contributed by atoms with Crippen molar-refractivity contribution in [2.24, 2.45) is 0 Å². The van der Waals surface area contributed by atoms with Gasteiger partial charge in [0.05, 0.1) is 0 Å². The Bertz CT molecular complexity index is 985. The molecule has 0 aliphatic rings. The fourth-order valence-corrected chi connectivity index (χ4v) is 2.84. The minimum atomic E-state index is -0.0571. The Morgan fingerprint density at radius 1 is 0.929 bits per heavy atom.